The molecule has 0 fully saturated rings. The number of hydrogen-bond donors (Lipinski definition) is 0. The molecule has 0 bridgehead atoms. The average Bonchev–Trinajstić information content (AvgIpc) is 2.86. The molecule has 3 rings (SSSR count). The van der Waals surface area contributed by atoms with Gasteiger partial charge in [0.1, 0.15) is 11.7 Å². The van der Waals surface area contributed by atoms with Crippen LogP contribution in [-0.2, 0) is 6.54 Å². The minimum Gasteiger partial charge on any atom is -0.446 e. The third-order valence-corrected chi connectivity index (χ3v) is 3.36. The van der Waals surface area contributed by atoms with E-state index >= 15 is 0 Å². The Morgan fingerprint density at radius 2 is 2.19 bits per heavy atom. The molecule has 0 atom stereocenters. The monoisotopic (exact) mass is 282 g/mol. The van der Waals surface area contributed by atoms with E-state index in [9.17, 15) is 4.79 Å². The summed E-state index contributed by atoms with van der Waals surface area (Å²) >= 11 is 0. The van der Waals surface area contributed by atoms with Gasteiger partial charge in [0.15, 0.2) is 0 Å². The number of nitrogens with zero attached hydrogens (tertiary/aromatic N) is 4. The molecule has 0 spiro atoms. The molecule has 0 radical (unpaired) electrons. The summed E-state index contributed by atoms with van der Waals surface area (Å²) in [5.41, 5.74) is 1.04. The van der Waals surface area contributed by atoms with Gasteiger partial charge in [0, 0.05) is 24.5 Å². The normalized spacial score (nSPS) is 11.3. The van der Waals surface area contributed by atoms with Gasteiger partial charge in [0.2, 0.25) is 5.76 Å². The van der Waals surface area contributed by atoms with Gasteiger partial charge >= 0.3 is 0 Å². The number of hydrogen-bond acceptors (Lipinski definition) is 5. The predicted octanol–water partition coefficient (Wildman–Crippen LogP) is 1.58. The topological polar surface area (TPSA) is 75.1 Å². The highest BCUT2D eigenvalue weighted by molar-refractivity contribution is 5.93. The first-order valence-corrected chi connectivity index (χ1v) is 6.56. The lowest BCUT2D eigenvalue weighted by Gasteiger charge is -2.11. The van der Waals surface area contributed by atoms with Crippen molar-refractivity contribution in [3.63, 3.8) is 0 Å². The Morgan fingerprint density at radius 3 is 2.90 bits per heavy atom. The molecule has 2 heterocycles. The Labute approximate surface area is 120 Å². The second kappa shape index (κ2) is 5.04. The largest absolute Gasteiger partial charge is 0.446 e. The maximum Gasteiger partial charge on any atom is 0.261 e. The van der Waals surface area contributed by atoms with E-state index in [1.54, 1.807) is 29.1 Å². The molecule has 21 heavy (non-hydrogen) atoms. The second-order valence-corrected chi connectivity index (χ2v) is 5.18. The molecule has 0 amide bonds. The molecule has 0 unspecified atom stereocenters. The number of likely N-dealkylation sites (N-methyl/N-ethyl adjacent to an activating group) is 1. The first kappa shape index (κ1) is 13.3. The van der Waals surface area contributed by atoms with Crippen molar-refractivity contribution in [2.75, 3.05) is 20.6 Å². The van der Waals surface area contributed by atoms with E-state index in [0.29, 0.717) is 23.0 Å². The number of fused-ring (bicyclic) bond motifs is 2. The molecule has 0 aliphatic rings. The summed E-state index contributed by atoms with van der Waals surface area (Å²) in [7, 11) is 3.91. The first-order chi connectivity index (χ1) is 10.1. The van der Waals surface area contributed by atoms with E-state index in [4.69, 9.17) is 9.68 Å². The Kier molecular flexibility index (Phi) is 3.20. The fraction of sp³-hybridized carbons (Fsp3) is 0.267. The molecule has 6 nitrogen and oxygen atoms in total. The van der Waals surface area contributed by atoms with Gasteiger partial charge in [-0.1, -0.05) is 0 Å². The van der Waals surface area contributed by atoms with Crippen LogP contribution in [0.2, 0.25) is 0 Å². The number of furan rings is 1. The van der Waals surface area contributed by atoms with E-state index in [1.165, 1.54) is 0 Å². The van der Waals surface area contributed by atoms with Gasteiger partial charge in [-0.2, -0.15) is 5.26 Å². The Bertz CT molecular complexity index is 915. The van der Waals surface area contributed by atoms with Gasteiger partial charge in [-0.25, -0.2) is 4.98 Å². The van der Waals surface area contributed by atoms with Crippen LogP contribution in [0.4, 0.5) is 0 Å². The van der Waals surface area contributed by atoms with Crippen LogP contribution in [-0.4, -0.2) is 35.1 Å². The van der Waals surface area contributed by atoms with Crippen molar-refractivity contribution < 1.29 is 4.42 Å². The van der Waals surface area contributed by atoms with Crippen LogP contribution < -0.4 is 5.56 Å². The quantitative estimate of drug-likeness (QED) is 0.729. The maximum absolute atomic E-state index is 12.5. The summed E-state index contributed by atoms with van der Waals surface area (Å²) in [5, 5.41) is 10.1. The molecule has 0 saturated carbocycles. The molecule has 3 aromatic rings. The zero-order valence-electron chi connectivity index (χ0n) is 11.8. The lowest BCUT2D eigenvalue weighted by atomic mass is 10.2. The van der Waals surface area contributed by atoms with Gasteiger partial charge in [-0.05, 0) is 26.2 Å². The summed E-state index contributed by atoms with van der Waals surface area (Å²) in [6, 6.07) is 7.03. The van der Waals surface area contributed by atoms with Crippen molar-refractivity contribution in [1.29, 1.82) is 5.26 Å². The fourth-order valence-electron chi connectivity index (χ4n) is 2.21. The van der Waals surface area contributed by atoms with E-state index < -0.39 is 0 Å². The van der Waals surface area contributed by atoms with Crippen LogP contribution in [0.15, 0.2) is 33.7 Å². The van der Waals surface area contributed by atoms with Crippen LogP contribution >= 0.6 is 0 Å². The highest BCUT2D eigenvalue weighted by Crippen LogP contribution is 2.22. The van der Waals surface area contributed by atoms with Crippen LogP contribution in [0.25, 0.3) is 21.9 Å². The highest BCUT2D eigenvalue weighted by atomic mass is 16.3. The summed E-state index contributed by atoms with van der Waals surface area (Å²) in [4.78, 5) is 18.8. The van der Waals surface area contributed by atoms with Crippen molar-refractivity contribution >= 4 is 21.9 Å². The average molecular weight is 282 g/mol. The Balaban J connectivity index is 2.16. The Hall–Kier alpha value is -2.65. The lowest BCUT2D eigenvalue weighted by molar-refractivity contribution is 0.380. The third kappa shape index (κ3) is 2.39. The van der Waals surface area contributed by atoms with Gasteiger partial charge in [0.25, 0.3) is 5.56 Å². The zero-order valence-corrected chi connectivity index (χ0v) is 11.8. The summed E-state index contributed by atoms with van der Waals surface area (Å²) in [5.74, 6) is 0.230. The fourth-order valence-corrected chi connectivity index (χ4v) is 2.21. The number of rotatable bonds is 3. The molecule has 6 heteroatoms. The molecule has 0 N–H and O–H groups in total. The number of nitriles is 1. The van der Waals surface area contributed by atoms with E-state index in [-0.39, 0.29) is 11.3 Å². The molecule has 2 aromatic heterocycles. The first-order valence-electron chi connectivity index (χ1n) is 6.56. The van der Waals surface area contributed by atoms with Crippen molar-refractivity contribution in [2.45, 2.75) is 6.54 Å². The maximum atomic E-state index is 12.5. The van der Waals surface area contributed by atoms with Crippen molar-refractivity contribution in [3.05, 3.63) is 40.6 Å². The van der Waals surface area contributed by atoms with E-state index in [0.717, 1.165) is 11.9 Å². The minimum atomic E-state index is -0.0985. The molecule has 0 aliphatic heterocycles. The summed E-state index contributed by atoms with van der Waals surface area (Å²) < 4.78 is 6.96. The van der Waals surface area contributed by atoms with Gasteiger partial charge in [-0.3, -0.25) is 9.36 Å². The van der Waals surface area contributed by atoms with Crippen LogP contribution in [0, 0.1) is 11.3 Å². The van der Waals surface area contributed by atoms with Crippen molar-refractivity contribution in [2.24, 2.45) is 0 Å². The molecule has 106 valence electrons. The highest BCUT2D eigenvalue weighted by Gasteiger charge is 2.09. The molecule has 0 saturated heterocycles. The second-order valence-electron chi connectivity index (χ2n) is 5.18. The van der Waals surface area contributed by atoms with Gasteiger partial charge in [0.05, 0.1) is 17.2 Å². The van der Waals surface area contributed by atoms with Crippen LogP contribution in [0.5, 0.6) is 0 Å². The zero-order chi connectivity index (χ0) is 15.0. The predicted molar refractivity (Wildman–Crippen MR) is 79.0 cm³/mol. The van der Waals surface area contributed by atoms with Crippen molar-refractivity contribution in [3.8, 4) is 6.07 Å². The van der Waals surface area contributed by atoms with Gasteiger partial charge in [-0.15, -0.1) is 0 Å². The number of benzene rings is 1. The Morgan fingerprint density at radius 1 is 1.38 bits per heavy atom. The SMILES string of the molecule is CN(C)CCn1cnc2cc3cc(C#N)oc3cc2c1=O. The minimum absolute atomic E-state index is 0.0985. The number of aromatic nitrogens is 2. The molecule has 1 aromatic carbocycles. The summed E-state index contributed by atoms with van der Waals surface area (Å²) in [6.07, 6.45) is 1.56. The third-order valence-electron chi connectivity index (χ3n) is 3.36. The van der Waals surface area contributed by atoms with E-state index in [1.807, 2.05) is 25.1 Å². The lowest BCUT2D eigenvalue weighted by Crippen LogP contribution is -2.26. The molecular weight excluding hydrogens is 268 g/mol. The van der Waals surface area contributed by atoms with Crippen molar-refractivity contribution in [1.82, 2.24) is 14.5 Å². The van der Waals surface area contributed by atoms with Crippen LogP contribution in [0.1, 0.15) is 5.76 Å². The molecule has 0 aliphatic carbocycles. The van der Waals surface area contributed by atoms with Crippen LogP contribution in [0.3, 0.4) is 0 Å². The summed E-state index contributed by atoms with van der Waals surface area (Å²) in [6.45, 7) is 1.34. The van der Waals surface area contributed by atoms with Gasteiger partial charge < -0.3 is 9.32 Å². The molecular formula is C15H14N4O2. The van der Waals surface area contributed by atoms with E-state index in [2.05, 4.69) is 4.98 Å². The standard InChI is InChI=1S/C15H14N4O2/c1-18(2)3-4-19-9-17-13-6-10-5-11(8-16)21-14(10)7-12(13)15(19)20/h5-7,9H,3-4H2,1-2H3. The smallest absolute Gasteiger partial charge is 0.261 e.